The van der Waals surface area contributed by atoms with Gasteiger partial charge in [0.05, 0.1) is 5.39 Å². The van der Waals surface area contributed by atoms with Crippen molar-refractivity contribution >= 4 is 55.6 Å². The van der Waals surface area contributed by atoms with E-state index in [1.807, 2.05) is 0 Å². The van der Waals surface area contributed by atoms with Crippen LogP contribution in [0.1, 0.15) is 25.3 Å². The summed E-state index contributed by atoms with van der Waals surface area (Å²) >= 11 is 3.96. The second kappa shape index (κ2) is 7.32. The van der Waals surface area contributed by atoms with Crippen LogP contribution in [-0.4, -0.2) is 9.97 Å². The van der Waals surface area contributed by atoms with E-state index >= 15 is 0 Å². The van der Waals surface area contributed by atoms with E-state index < -0.39 is 0 Å². The predicted molar refractivity (Wildman–Crippen MR) is 119 cm³/mol. The van der Waals surface area contributed by atoms with E-state index in [9.17, 15) is 0 Å². The number of hydrogen-bond acceptors (Lipinski definition) is 4. The van der Waals surface area contributed by atoms with Gasteiger partial charge in [-0.15, -0.1) is 11.3 Å². The van der Waals surface area contributed by atoms with Gasteiger partial charge in [-0.1, -0.05) is 38.1 Å². The number of anilines is 2. The SMILES string of the molecule is CC(C)c1ccc(-c2csc3ncnc(Nc4ccc(I)cc4)c23)cc1. The van der Waals surface area contributed by atoms with Crippen molar-refractivity contribution in [1.29, 1.82) is 0 Å². The fourth-order valence-electron chi connectivity index (χ4n) is 2.90. The van der Waals surface area contributed by atoms with Crippen molar-refractivity contribution in [3.05, 3.63) is 69.4 Å². The molecule has 0 spiro atoms. The van der Waals surface area contributed by atoms with Crippen molar-refractivity contribution in [2.45, 2.75) is 19.8 Å². The van der Waals surface area contributed by atoms with Crippen LogP contribution in [0.5, 0.6) is 0 Å². The van der Waals surface area contributed by atoms with Crippen LogP contribution in [0.3, 0.4) is 0 Å². The van der Waals surface area contributed by atoms with Gasteiger partial charge in [0, 0.05) is 20.2 Å². The number of aromatic nitrogens is 2. The molecule has 0 fully saturated rings. The van der Waals surface area contributed by atoms with Crippen molar-refractivity contribution in [3.63, 3.8) is 0 Å². The summed E-state index contributed by atoms with van der Waals surface area (Å²) in [4.78, 5) is 9.96. The normalized spacial score (nSPS) is 11.2. The smallest absolute Gasteiger partial charge is 0.143 e. The molecule has 0 aliphatic carbocycles. The number of nitrogens with one attached hydrogen (secondary N) is 1. The van der Waals surface area contributed by atoms with Crippen LogP contribution in [0, 0.1) is 3.57 Å². The van der Waals surface area contributed by atoms with Crippen LogP contribution in [0.25, 0.3) is 21.3 Å². The van der Waals surface area contributed by atoms with Crippen molar-refractivity contribution in [2.75, 3.05) is 5.32 Å². The lowest BCUT2D eigenvalue weighted by molar-refractivity contribution is 0.867. The Kier molecular flexibility index (Phi) is 4.91. The lowest BCUT2D eigenvalue weighted by Crippen LogP contribution is -1.95. The summed E-state index contributed by atoms with van der Waals surface area (Å²) in [5.41, 5.74) is 4.74. The average Bonchev–Trinajstić information content (AvgIpc) is 3.09. The third-order valence-electron chi connectivity index (χ3n) is 4.37. The molecule has 2 aromatic carbocycles. The van der Waals surface area contributed by atoms with Gasteiger partial charge in [-0.3, -0.25) is 0 Å². The molecule has 0 saturated heterocycles. The molecule has 0 bridgehead atoms. The van der Waals surface area contributed by atoms with Crippen molar-refractivity contribution in [3.8, 4) is 11.1 Å². The summed E-state index contributed by atoms with van der Waals surface area (Å²) in [6.45, 7) is 4.43. The van der Waals surface area contributed by atoms with Crippen LogP contribution < -0.4 is 5.32 Å². The zero-order chi connectivity index (χ0) is 18.1. The molecule has 4 rings (SSSR count). The van der Waals surface area contributed by atoms with E-state index in [1.165, 1.54) is 20.3 Å². The second-order valence-corrected chi connectivity index (χ2v) is 8.56. The molecule has 2 aromatic heterocycles. The summed E-state index contributed by atoms with van der Waals surface area (Å²) in [5.74, 6) is 1.38. The van der Waals surface area contributed by atoms with Gasteiger partial charge in [0.2, 0.25) is 0 Å². The maximum atomic E-state index is 4.51. The van der Waals surface area contributed by atoms with E-state index in [1.54, 1.807) is 17.7 Å². The zero-order valence-electron chi connectivity index (χ0n) is 14.5. The number of benzene rings is 2. The van der Waals surface area contributed by atoms with Crippen LogP contribution in [0.15, 0.2) is 60.2 Å². The Hall–Kier alpha value is -1.99. The largest absolute Gasteiger partial charge is 0.340 e. The van der Waals surface area contributed by atoms with Gasteiger partial charge in [-0.2, -0.15) is 0 Å². The predicted octanol–water partition coefficient (Wildman–Crippen LogP) is 6.83. The van der Waals surface area contributed by atoms with Crippen molar-refractivity contribution in [2.24, 2.45) is 0 Å². The fraction of sp³-hybridized carbons (Fsp3) is 0.143. The van der Waals surface area contributed by atoms with Gasteiger partial charge in [-0.25, -0.2) is 9.97 Å². The van der Waals surface area contributed by atoms with Crippen molar-refractivity contribution < 1.29 is 0 Å². The first-order valence-corrected chi connectivity index (χ1v) is 10.4. The van der Waals surface area contributed by atoms with E-state index in [4.69, 9.17) is 0 Å². The van der Waals surface area contributed by atoms with Gasteiger partial charge in [0.25, 0.3) is 0 Å². The third kappa shape index (κ3) is 3.46. The zero-order valence-corrected chi connectivity index (χ0v) is 17.5. The molecule has 4 aromatic rings. The highest BCUT2D eigenvalue weighted by atomic mass is 127. The molecule has 0 amide bonds. The first kappa shape index (κ1) is 17.4. The number of halogens is 1. The highest BCUT2D eigenvalue weighted by Gasteiger charge is 2.13. The van der Waals surface area contributed by atoms with E-state index in [2.05, 4.69) is 106 Å². The molecule has 0 radical (unpaired) electrons. The Morgan fingerprint density at radius 3 is 2.38 bits per heavy atom. The molecule has 0 atom stereocenters. The van der Waals surface area contributed by atoms with E-state index in [0.29, 0.717) is 5.92 Å². The quantitative estimate of drug-likeness (QED) is 0.332. The maximum Gasteiger partial charge on any atom is 0.143 e. The summed E-state index contributed by atoms with van der Waals surface area (Å²) < 4.78 is 1.21. The van der Waals surface area contributed by atoms with Crippen molar-refractivity contribution in [1.82, 2.24) is 9.97 Å². The first-order valence-electron chi connectivity index (χ1n) is 8.47. The Bertz CT molecular complexity index is 1040. The topological polar surface area (TPSA) is 37.8 Å². The molecule has 2 heterocycles. The maximum absolute atomic E-state index is 4.51. The summed E-state index contributed by atoms with van der Waals surface area (Å²) in [5, 5.41) is 6.70. The molecule has 0 aliphatic rings. The molecule has 130 valence electrons. The molecule has 1 N–H and O–H groups in total. The molecule has 5 heteroatoms. The fourth-order valence-corrected chi connectivity index (χ4v) is 4.18. The van der Waals surface area contributed by atoms with Crippen LogP contribution in [0.4, 0.5) is 11.5 Å². The van der Waals surface area contributed by atoms with Gasteiger partial charge in [0.15, 0.2) is 0 Å². The number of fused-ring (bicyclic) bond motifs is 1. The Labute approximate surface area is 170 Å². The third-order valence-corrected chi connectivity index (χ3v) is 5.97. The molecule has 0 unspecified atom stereocenters. The number of hydrogen-bond donors (Lipinski definition) is 1. The molecule has 0 aliphatic heterocycles. The van der Waals surface area contributed by atoms with Crippen LogP contribution in [0.2, 0.25) is 0 Å². The lowest BCUT2D eigenvalue weighted by atomic mass is 9.99. The monoisotopic (exact) mass is 471 g/mol. The molecule has 3 nitrogen and oxygen atoms in total. The molecular formula is C21H18IN3S. The summed E-state index contributed by atoms with van der Waals surface area (Å²) in [6.07, 6.45) is 1.62. The highest BCUT2D eigenvalue weighted by Crippen LogP contribution is 2.37. The Morgan fingerprint density at radius 1 is 0.962 bits per heavy atom. The number of thiophene rings is 1. The molecule has 0 saturated carbocycles. The average molecular weight is 471 g/mol. The molecular weight excluding hydrogens is 453 g/mol. The van der Waals surface area contributed by atoms with Crippen LogP contribution >= 0.6 is 33.9 Å². The minimum Gasteiger partial charge on any atom is -0.340 e. The van der Waals surface area contributed by atoms with E-state index in [-0.39, 0.29) is 0 Å². The summed E-state index contributed by atoms with van der Waals surface area (Å²) in [7, 11) is 0. The van der Waals surface area contributed by atoms with Crippen LogP contribution in [-0.2, 0) is 0 Å². The van der Waals surface area contributed by atoms with Gasteiger partial charge < -0.3 is 5.32 Å². The summed E-state index contributed by atoms with van der Waals surface area (Å²) in [6, 6.07) is 17.1. The lowest BCUT2D eigenvalue weighted by Gasteiger charge is -2.10. The highest BCUT2D eigenvalue weighted by molar-refractivity contribution is 14.1. The Balaban J connectivity index is 1.77. The van der Waals surface area contributed by atoms with Gasteiger partial charge >= 0.3 is 0 Å². The molecule has 26 heavy (non-hydrogen) atoms. The van der Waals surface area contributed by atoms with Gasteiger partial charge in [0.1, 0.15) is 17.0 Å². The Morgan fingerprint density at radius 2 is 1.69 bits per heavy atom. The first-order chi connectivity index (χ1) is 12.6. The standard InChI is InChI=1S/C21H18IN3S/c1-13(2)14-3-5-15(6-4-14)18-11-26-21-19(18)20(23-12-24-21)25-17-9-7-16(22)8-10-17/h3-13H,1-2H3,(H,23,24,25). The minimum absolute atomic E-state index is 0.532. The number of nitrogens with zero attached hydrogens (tertiary/aromatic N) is 2. The second-order valence-electron chi connectivity index (χ2n) is 6.46. The number of rotatable bonds is 4. The van der Waals surface area contributed by atoms with E-state index in [0.717, 1.165) is 21.7 Å². The van der Waals surface area contributed by atoms with Gasteiger partial charge in [-0.05, 0) is 63.9 Å². The minimum atomic E-state index is 0.532.